The minimum atomic E-state index is -0.391. The predicted octanol–water partition coefficient (Wildman–Crippen LogP) is 4.97. The van der Waals surface area contributed by atoms with Crippen LogP contribution in [0.5, 0.6) is 23.0 Å². The molecule has 0 N–H and O–H groups in total. The normalized spacial score (nSPS) is 11.0. The number of rotatable bonds is 5. The SMILES string of the molecule is COC(=O)c1ccc2c(c1)c1cc(OC)c(OC)cc1c1c(OC)c(OC)ccc21. The van der Waals surface area contributed by atoms with Crippen molar-refractivity contribution in [2.75, 3.05) is 35.5 Å². The van der Waals surface area contributed by atoms with E-state index in [2.05, 4.69) is 0 Å². The molecule has 0 spiro atoms. The van der Waals surface area contributed by atoms with Crippen LogP contribution in [-0.4, -0.2) is 41.5 Å². The van der Waals surface area contributed by atoms with Gasteiger partial charge in [0.15, 0.2) is 23.0 Å². The van der Waals surface area contributed by atoms with Crippen molar-refractivity contribution in [3.63, 3.8) is 0 Å². The molecule has 0 atom stereocenters. The predicted molar refractivity (Wildman–Crippen MR) is 117 cm³/mol. The summed E-state index contributed by atoms with van der Waals surface area (Å²) in [5.41, 5.74) is 0.473. The standard InChI is InChI=1S/C24H22O6/c1-26-19-9-8-15-14-7-6-13(24(25)30-5)10-16(14)17-11-20(27-2)21(28-3)12-18(17)22(15)23(19)29-4/h6-12H,1-5H3. The van der Waals surface area contributed by atoms with Gasteiger partial charge in [0, 0.05) is 5.39 Å². The molecule has 0 aliphatic heterocycles. The lowest BCUT2D eigenvalue weighted by Gasteiger charge is -2.18. The highest BCUT2D eigenvalue weighted by Gasteiger charge is 2.19. The minimum Gasteiger partial charge on any atom is -0.493 e. The second kappa shape index (κ2) is 7.63. The summed E-state index contributed by atoms with van der Waals surface area (Å²) in [7, 11) is 7.79. The van der Waals surface area contributed by atoms with Crippen LogP contribution in [0.15, 0.2) is 42.5 Å². The van der Waals surface area contributed by atoms with Crippen LogP contribution < -0.4 is 18.9 Å². The molecular formula is C24H22O6. The van der Waals surface area contributed by atoms with E-state index in [1.165, 1.54) is 7.11 Å². The Morgan fingerprint density at radius 3 is 1.80 bits per heavy atom. The van der Waals surface area contributed by atoms with Gasteiger partial charge in [-0.2, -0.15) is 0 Å². The summed E-state index contributed by atoms with van der Waals surface area (Å²) in [4.78, 5) is 12.2. The number of hydrogen-bond acceptors (Lipinski definition) is 6. The average molecular weight is 406 g/mol. The van der Waals surface area contributed by atoms with E-state index in [1.807, 2.05) is 36.4 Å². The van der Waals surface area contributed by atoms with Gasteiger partial charge in [-0.3, -0.25) is 0 Å². The molecule has 0 unspecified atom stereocenters. The summed E-state index contributed by atoms with van der Waals surface area (Å²) < 4.78 is 27.3. The van der Waals surface area contributed by atoms with Crippen molar-refractivity contribution < 1.29 is 28.5 Å². The van der Waals surface area contributed by atoms with Crippen molar-refractivity contribution in [2.45, 2.75) is 0 Å². The fourth-order valence-corrected chi connectivity index (χ4v) is 3.97. The zero-order chi connectivity index (χ0) is 21.4. The van der Waals surface area contributed by atoms with Crippen LogP contribution in [0, 0.1) is 0 Å². The number of fused-ring (bicyclic) bond motifs is 6. The first kappa shape index (κ1) is 19.6. The Labute approximate surface area is 173 Å². The molecular weight excluding hydrogens is 384 g/mol. The summed E-state index contributed by atoms with van der Waals surface area (Å²) in [5.74, 6) is 2.06. The van der Waals surface area contributed by atoms with Crippen LogP contribution in [0.25, 0.3) is 32.3 Å². The highest BCUT2D eigenvalue weighted by atomic mass is 16.5. The third-order valence-corrected chi connectivity index (χ3v) is 5.36. The number of carbonyl (C=O) groups is 1. The second-order valence-corrected chi connectivity index (χ2v) is 6.73. The average Bonchev–Trinajstić information content (AvgIpc) is 2.81. The number of esters is 1. The monoisotopic (exact) mass is 406 g/mol. The van der Waals surface area contributed by atoms with Crippen LogP contribution in [-0.2, 0) is 4.74 Å². The smallest absolute Gasteiger partial charge is 0.337 e. The molecule has 6 heteroatoms. The van der Waals surface area contributed by atoms with Gasteiger partial charge in [0.2, 0.25) is 0 Å². The molecule has 4 rings (SSSR count). The number of ether oxygens (including phenoxy) is 5. The lowest BCUT2D eigenvalue weighted by molar-refractivity contribution is 0.0601. The molecule has 0 fully saturated rings. The fraction of sp³-hybridized carbons (Fsp3) is 0.208. The molecule has 30 heavy (non-hydrogen) atoms. The lowest BCUT2D eigenvalue weighted by Crippen LogP contribution is -2.01. The summed E-state index contributed by atoms with van der Waals surface area (Å²) in [6.45, 7) is 0. The molecule has 0 aromatic heterocycles. The van der Waals surface area contributed by atoms with Gasteiger partial charge < -0.3 is 23.7 Å². The summed E-state index contributed by atoms with van der Waals surface area (Å²) >= 11 is 0. The topological polar surface area (TPSA) is 63.2 Å². The van der Waals surface area contributed by atoms with Gasteiger partial charge in [0.1, 0.15) is 0 Å². The molecule has 4 aromatic carbocycles. The maximum Gasteiger partial charge on any atom is 0.337 e. The Kier molecular flexibility index (Phi) is 4.99. The van der Waals surface area contributed by atoms with Crippen LogP contribution in [0.3, 0.4) is 0 Å². The van der Waals surface area contributed by atoms with E-state index in [9.17, 15) is 4.79 Å². The molecule has 6 nitrogen and oxygen atoms in total. The third kappa shape index (κ3) is 2.84. The first-order valence-corrected chi connectivity index (χ1v) is 9.32. The van der Waals surface area contributed by atoms with Crippen molar-refractivity contribution in [3.05, 3.63) is 48.0 Å². The van der Waals surface area contributed by atoms with E-state index in [-0.39, 0.29) is 0 Å². The Balaban J connectivity index is 2.29. The molecule has 0 saturated heterocycles. The van der Waals surface area contributed by atoms with Gasteiger partial charge in [0.05, 0.1) is 41.1 Å². The zero-order valence-electron chi connectivity index (χ0n) is 17.5. The fourth-order valence-electron chi connectivity index (χ4n) is 3.97. The number of carbonyl (C=O) groups excluding carboxylic acids is 1. The lowest BCUT2D eigenvalue weighted by atomic mass is 9.92. The summed E-state index contributed by atoms with van der Waals surface area (Å²) in [5, 5.41) is 5.53. The maximum absolute atomic E-state index is 12.2. The van der Waals surface area contributed by atoms with Gasteiger partial charge in [-0.25, -0.2) is 4.79 Å². The van der Waals surface area contributed by atoms with E-state index in [1.54, 1.807) is 34.5 Å². The molecule has 0 heterocycles. The van der Waals surface area contributed by atoms with Crippen LogP contribution in [0.2, 0.25) is 0 Å². The quantitative estimate of drug-likeness (QED) is 0.345. The number of methoxy groups -OCH3 is 5. The molecule has 0 radical (unpaired) electrons. The van der Waals surface area contributed by atoms with E-state index in [4.69, 9.17) is 23.7 Å². The molecule has 154 valence electrons. The molecule has 0 amide bonds. The van der Waals surface area contributed by atoms with Crippen molar-refractivity contribution in [3.8, 4) is 23.0 Å². The molecule has 0 aliphatic carbocycles. The Bertz CT molecular complexity index is 1290. The van der Waals surface area contributed by atoms with E-state index in [0.29, 0.717) is 28.6 Å². The van der Waals surface area contributed by atoms with Gasteiger partial charge in [-0.1, -0.05) is 6.07 Å². The Morgan fingerprint density at radius 1 is 0.600 bits per heavy atom. The van der Waals surface area contributed by atoms with Gasteiger partial charge in [-0.15, -0.1) is 0 Å². The second-order valence-electron chi connectivity index (χ2n) is 6.73. The summed E-state index contributed by atoms with van der Waals surface area (Å²) in [6.07, 6.45) is 0. The van der Waals surface area contributed by atoms with Crippen molar-refractivity contribution in [1.82, 2.24) is 0 Å². The van der Waals surface area contributed by atoms with Gasteiger partial charge in [0.25, 0.3) is 0 Å². The largest absolute Gasteiger partial charge is 0.493 e. The Morgan fingerprint density at radius 2 is 1.20 bits per heavy atom. The van der Waals surface area contributed by atoms with Crippen molar-refractivity contribution in [1.29, 1.82) is 0 Å². The maximum atomic E-state index is 12.2. The highest BCUT2D eigenvalue weighted by Crippen LogP contribution is 2.46. The van der Waals surface area contributed by atoms with E-state index in [0.717, 1.165) is 32.3 Å². The number of benzene rings is 4. The van der Waals surface area contributed by atoms with Gasteiger partial charge >= 0.3 is 5.97 Å². The zero-order valence-corrected chi connectivity index (χ0v) is 17.5. The van der Waals surface area contributed by atoms with E-state index >= 15 is 0 Å². The highest BCUT2D eigenvalue weighted by molar-refractivity contribution is 6.28. The molecule has 4 aromatic rings. The van der Waals surface area contributed by atoms with Crippen molar-refractivity contribution >= 4 is 38.3 Å². The summed E-state index contributed by atoms with van der Waals surface area (Å²) in [6, 6.07) is 13.2. The van der Waals surface area contributed by atoms with Crippen LogP contribution in [0.1, 0.15) is 10.4 Å². The minimum absolute atomic E-state index is 0.391. The first-order chi connectivity index (χ1) is 14.6. The van der Waals surface area contributed by atoms with Gasteiger partial charge in [-0.05, 0) is 63.3 Å². The van der Waals surface area contributed by atoms with Crippen molar-refractivity contribution in [2.24, 2.45) is 0 Å². The van der Waals surface area contributed by atoms with Crippen LogP contribution in [0.4, 0.5) is 0 Å². The Hall–Kier alpha value is -3.67. The van der Waals surface area contributed by atoms with E-state index < -0.39 is 5.97 Å². The first-order valence-electron chi connectivity index (χ1n) is 9.32. The third-order valence-electron chi connectivity index (χ3n) is 5.36. The molecule has 0 bridgehead atoms. The molecule has 0 aliphatic rings. The van der Waals surface area contributed by atoms with Crippen LogP contribution >= 0.6 is 0 Å². The number of hydrogen-bond donors (Lipinski definition) is 0. The molecule has 0 saturated carbocycles.